The van der Waals surface area contributed by atoms with Gasteiger partial charge in [-0.3, -0.25) is 9.69 Å². The fourth-order valence-corrected chi connectivity index (χ4v) is 3.69. The lowest BCUT2D eigenvalue weighted by Crippen LogP contribution is -2.31. The molecule has 0 atom stereocenters. The minimum atomic E-state index is -0.0238. The average molecular weight is 346 g/mol. The van der Waals surface area contributed by atoms with E-state index >= 15 is 0 Å². The lowest BCUT2D eigenvalue weighted by molar-refractivity contribution is -0.118. The summed E-state index contributed by atoms with van der Waals surface area (Å²) in [4.78, 5) is 23.8. The van der Waals surface area contributed by atoms with Crippen LogP contribution in [-0.4, -0.2) is 36.6 Å². The Morgan fingerprint density at radius 1 is 1.12 bits per heavy atom. The average Bonchev–Trinajstić information content (AvgIpc) is 3.27. The molecule has 1 amide bonds. The maximum absolute atomic E-state index is 12.9. The molecule has 0 fully saturated rings. The summed E-state index contributed by atoms with van der Waals surface area (Å²) in [6.45, 7) is 5.42. The van der Waals surface area contributed by atoms with Gasteiger partial charge in [-0.25, -0.2) is 14.5 Å². The first-order valence-corrected chi connectivity index (χ1v) is 8.69. The zero-order chi connectivity index (χ0) is 17.8. The van der Waals surface area contributed by atoms with Gasteiger partial charge in [-0.2, -0.15) is 5.10 Å². The van der Waals surface area contributed by atoms with Crippen molar-refractivity contribution in [2.75, 3.05) is 11.4 Å². The summed E-state index contributed by atoms with van der Waals surface area (Å²) in [5.74, 6) is 1.23. The molecule has 0 aliphatic carbocycles. The van der Waals surface area contributed by atoms with Crippen molar-refractivity contribution in [3.05, 3.63) is 53.5 Å². The molecule has 26 heavy (non-hydrogen) atoms. The quantitative estimate of drug-likeness (QED) is 0.558. The number of carbonyl (C=O) groups is 1. The molecule has 0 unspecified atom stereocenters. The fourth-order valence-electron chi connectivity index (χ4n) is 3.69. The van der Waals surface area contributed by atoms with E-state index in [1.54, 1.807) is 9.42 Å². The number of benzene rings is 1. The van der Waals surface area contributed by atoms with Gasteiger partial charge < -0.3 is 4.57 Å². The summed E-state index contributed by atoms with van der Waals surface area (Å²) in [6.07, 6.45) is 0.170. The minimum Gasteiger partial charge on any atom is -0.308 e. The molecule has 0 saturated heterocycles. The Hall–Kier alpha value is -3.22. The lowest BCUT2D eigenvalue weighted by Gasteiger charge is -2.12. The van der Waals surface area contributed by atoms with E-state index in [4.69, 9.17) is 0 Å². The van der Waals surface area contributed by atoms with E-state index in [0.29, 0.717) is 18.3 Å². The highest BCUT2D eigenvalue weighted by molar-refractivity contribution is 5.95. The minimum absolute atomic E-state index is 0.0238. The lowest BCUT2D eigenvalue weighted by atomic mass is 10.2. The second-order valence-corrected chi connectivity index (χ2v) is 6.75. The predicted octanol–water partition coefficient (Wildman–Crippen LogP) is 2.29. The third kappa shape index (κ3) is 2.20. The molecule has 1 aliphatic heterocycles. The Kier molecular flexibility index (Phi) is 3.12. The molecule has 0 N–H and O–H groups in total. The monoisotopic (exact) mass is 346 g/mol. The first-order chi connectivity index (χ1) is 12.6. The van der Waals surface area contributed by atoms with E-state index in [0.717, 1.165) is 34.5 Å². The predicted molar refractivity (Wildman–Crippen MR) is 98.3 cm³/mol. The number of pyridine rings is 1. The number of carbonyl (C=O) groups excluding carboxylic acids is 1. The van der Waals surface area contributed by atoms with Crippen molar-refractivity contribution in [1.29, 1.82) is 0 Å². The van der Waals surface area contributed by atoms with E-state index in [1.165, 1.54) is 0 Å². The van der Waals surface area contributed by atoms with Crippen molar-refractivity contribution in [3.8, 4) is 0 Å². The van der Waals surface area contributed by atoms with Gasteiger partial charge in [-0.1, -0.05) is 12.1 Å². The molecule has 7 nitrogen and oxygen atoms in total. The molecule has 0 radical (unpaired) electrons. The molecular weight excluding hydrogens is 328 g/mol. The van der Waals surface area contributed by atoms with Crippen molar-refractivity contribution in [2.24, 2.45) is 0 Å². The van der Waals surface area contributed by atoms with E-state index in [2.05, 4.69) is 25.7 Å². The van der Waals surface area contributed by atoms with Gasteiger partial charge in [0.15, 0.2) is 11.5 Å². The smallest absolute Gasteiger partial charge is 0.237 e. The number of imidazole rings is 1. The first kappa shape index (κ1) is 15.1. The third-order valence-electron chi connectivity index (χ3n) is 4.84. The van der Waals surface area contributed by atoms with Crippen LogP contribution in [0.1, 0.15) is 17.1 Å². The number of anilines is 1. The standard InChI is InChI=1S/C19H18N6O/c1-12-9-13(2)25-17(10-12)21-16(22-25)11-18(26)24-8-7-23-15-6-4-3-5-14(15)20-19(23)24/h3-6,9-10H,7-8,11H2,1-2H3. The van der Waals surface area contributed by atoms with Crippen molar-refractivity contribution in [2.45, 2.75) is 26.8 Å². The van der Waals surface area contributed by atoms with Crippen molar-refractivity contribution < 1.29 is 4.79 Å². The number of hydrogen-bond acceptors (Lipinski definition) is 4. The van der Waals surface area contributed by atoms with Crippen LogP contribution in [0.15, 0.2) is 36.4 Å². The van der Waals surface area contributed by atoms with Crippen LogP contribution in [0.5, 0.6) is 0 Å². The molecule has 4 aromatic rings. The Balaban J connectivity index is 1.46. The van der Waals surface area contributed by atoms with Gasteiger partial charge >= 0.3 is 0 Å². The number of fused-ring (bicyclic) bond motifs is 4. The summed E-state index contributed by atoms with van der Waals surface area (Å²) in [5.41, 5.74) is 4.90. The Morgan fingerprint density at radius 3 is 2.85 bits per heavy atom. The maximum Gasteiger partial charge on any atom is 0.237 e. The summed E-state index contributed by atoms with van der Waals surface area (Å²) < 4.78 is 3.88. The highest BCUT2D eigenvalue weighted by Gasteiger charge is 2.29. The van der Waals surface area contributed by atoms with Crippen LogP contribution in [0.4, 0.5) is 5.95 Å². The van der Waals surface area contributed by atoms with Gasteiger partial charge in [0.25, 0.3) is 0 Å². The largest absolute Gasteiger partial charge is 0.308 e. The normalized spacial score (nSPS) is 13.7. The Bertz CT molecular complexity index is 1170. The fraction of sp³-hybridized carbons (Fsp3) is 0.263. The van der Waals surface area contributed by atoms with Crippen LogP contribution in [0.3, 0.4) is 0 Å². The van der Waals surface area contributed by atoms with Crippen LogP contribution in [0, 0.1) is 13.8 Å². The van der Waals surface area contributed by atoms with E-state index < -0.39 is 0 Å². The van der Waals surface area contributed by atoms with Gasteiger partial charge in [-0.05, 0) is 43.7 Å². The van der Waals surface area contributed by atoms with Crippen LogP contribution >= 0.6 is 0 Å². The van der Waals surface area contributed by atoms with E-state index in [-0.39, 0.29) is 12.3 Å². The third-order valence-corrected chi connectivity index (χ3v) is 4.84. The molecule has 1 aliphatic rings. The van der Waals surface area contributed by atoms with Crippen LogP contribution in [0.25, 0.3) is 16.7 Å². The zero-order valence-corrected chi connectivity index (χ0v) is 14.7. The first-order valence-electron chi connectivity index (χ1n) is 8.69. The van der Waals surface area contributed by atoms with E-state index in [9.17, 15) is 4.79 Å². The van der Waals surface area contributed by atoms with Crippen LogP contribution in [-0.2, 0) is 17.8 Å². The van der Waals surface area contributed by atoms with Gasteiger partial charge in [0.2, 0.25) is 11.9 Å². The molecule has 4 heterocycles. The van der Waals surface area contributed by atoms with Gasteiger partial charge in [0, 0.05) is 18.8 Å². The van der Waals surface area contributed by atoms with Gasteiger partial charge in [-0.15, -0.1) is 0 Å². The topological polar surface area (TPSA) is 68.3 Å². The van der Waals surface area contributed by atoms with Crippen molar-refractivity contribution in [1.82, 2.24) is 24.1 Å². The number of aromatic nitrogens is 5. The number of aryl methyl sites for hydroxylation is 2. The van der Waals surface area contributed by atoms with Gasteiger partial charge in [0.1, 0.15) is 0 Å². The highest BCUT2D eigenvalue weighted by Crippen LogP contribution is 2.27. The number of rotatable bonds is 2. The highest BCUT2D eigenvalue weighted by atomic mass is 16.2. The molecule has 3 aromatic heterocycles. The number of nitrogens with zero attached hydrogens (tertiary/aromatic N) is 6. The zero-order valence-electron chi connectivity index (χ0n) is 14.7. The second-order valence-electron chi connectivity index (χ2n) is 6.75. The summed E-state index contributed by atoms with van der Waals surface area (Å²) in [7, 11) is 0. The molecule has 1 aromatic carbocycles. The molecule has 130 valence electrons. The van der Waals surface area contributed by atoms with E-state index in [1.807, 2.05) is 44.2 Å². The van der Waals surface area contributed by atoms with Crippen molar-refractivity contribution in [3.63, 3.8) is 0 Å². The Morgan fingerprint density at radius 2 is 1.96 bits per heavy atom. The second kappa shape index (κ2) is 5.39. The SMILES string of the molecule is Cc1cc(C)n2nc(CC(=O)N3CCn4c3nc3ccccc34)nc2c1. The number of amides is 1. The Labute approximate surface area is 149 Å². The van der Waals surface area contributed by atoms with Crippen LogP contribution in [0.2, 0.25) is 0 Å². The summed E-state index contributed by atoms with van der Waals surface area (Å²) in [5, 5.41) is 4.49. The van der Waals surface area contributed by atoms with Crippen molar-refractivity contribution >= 4 is 28.5 Å². The molecule has 7 heteroatoms. The number of hydrogen-bond donors (Lipinski definition) is 0. The molecule has 5 rings (SSSR count). The summed E-state index contributed by atoms with van der Waals surface area (Å²) in [6, 6.07) is 12.0. The molecular formula is C19H18N6O. The molecule has 0 spiro atoms. The maximum atomic E-state index is 12.9. The van der Waals surface area contributed by atoms with Gasteiger partial charge in [0.05, 0.1) is 17.5 Å². The summed E-state index contributed by atoms with van der Waals surface area (Å²) >= 11 is 0. The van der Waals surface area contributed by atoms with Crippen LogP contribution < -0.4 is 4.90 Å². The molecule has 0 saturated carbocycles. The number of para-hydroxylation sites is 2. The molecule has 0 bridgehead atoms.